The van der Waals surface area contributed by atoms with Crippen LogP contribution in [0.2, 0.25) is 0 Å². The van der Waals surface area contributed by atoms with Crippen molar-refractivity contribution in [2.45, 2.75) is 17.4 Å². The zero-order valence-electron chi connectivity index (χ0n) is 14.1. The van der Waals surface area contributed by atoms with E-state index in [0.29, 0.717) is 5.89 Å². The summed E-state index contributed by atoms with van der Waals surface area (Å²) in [6, 6.07) is 13.2. The number of nitrogens with zero attached hydrogens (tertiary/aromatic N) is 2. The summed E-state index contributed by atoms with van der Waals surface area (Å²) in [5.41, 5.74) is 0.878. The van der Waals surface area contributed by atoms with Gasteiger partial charge in [-0.1, -0.05) is 23.9 Å². The van der Waals surface area contributed by atoms with Crippen molar-refractivity contribution in [3.63, 3.8) is 0 Å². The van der Waals surface area contributed by atoms with Crippen LogP contribution in [0, 0.1) is 5.82 Å². The molecule has 2 aromatic carbocycles. The molecule has 0 bridgehead atoms. The standard InChI is InChI=1S/C18H16FN3O3S/c1-11(16(23)20-15-6-4-3-5-14(15)19)26-18-22-21-17(25-18)12-7-9-13(24-2)10-8-12/h3-11H,1-2H3,(H,20,23)/t11-/m0/s1. The molecule has 3 aromatic rings. The summed E-state index contributed by atoms with van der Waals surface area (Å²) in [4.78, 5) is 12.2. The van der Waals surface area contributed by atoms with Gasteiger partial charge in [-0.15, -0.1) is 10.2 Å². The summed E-state index contributed by atoms with van der Waals surface area (Å²) < 4.78 is 24.3. The van der Waals surface area contributed by atoms with Gasteiger partial charge in [0.05, 0.1) is 18.0 Å². The van der Waals surface area contributed by atoms with E-state index in [1.807, 2.05) is 0 Å². The van der Waals surface area contributed by atoms with Crippen molar-refractivity contribution in [2.75, 3.05) is 12.4 Å². The van der Waals surface area contributed by atoms with E-state index >= 15 is 0 Å². The Labute approximate surface area is 153 Å². The molecule has 3 rings (SSSR count). The molecule has 1 aromatic heterocycles. The van der Waals surface area contributed by atoms with Gasteiger partial charge in [0.2, 0.25) is 11.8 Å². The molecular weight excluding hydrogens is 357 g/mol. The highest BCUT2D eigenvalue weighted by Crippen LogP contribution is 2.27. The molecule has 1 N–H and O–H groups in total. The lowest BCUT2D eigenvalue weighted by Gasteiger charge is -2.10. The van der Waals surface area contributed by atoms with Crippen molar-refractivity contribution < 1.29 is 18.3 Å². The van der Waals surface area contributed by atoms with Crippen molar-refractivity contribution in [3.05, 3.63) is 54.3 Å². The largest absolute Gasteiger partial charge is 0.497 e. The molecule has 0 aliphatic heterocycles. The van der Waals surface area contributed by atoms with Gasteiger partial charge in [0.25, 0.3) is 5.22 Å². The minimum atomic E-state index is -0.543. The number of hydrogen-bond donors (Lipinski definition) is 1. The number of rotatable bonds is 6. The van der Waals surface area contributed by atoms with Crippen LogP contribution in [0.25, 0.3) is 11.5 Å². The lowest BCUT2D eigenvalue weighted by atomic mass is 10.2. The van der Waals surface area contributed by atoms with E-state index < -0.39 is 11.1 Å². The third-order valence-corrected chi connectivity index (χ3v) is 4.46. The van der Waals surface area contributed by atoms with Crippen LogP contribution in [-0.4, -0.2) is 28.5 Å². The van der Waals surface area contributed by atoms with Crippen molar-refractivity contribution in [1.29, 1.82) is 0 Å². The second kappa shape index (κ2) is 8.01. The Bertz CT molecular complexity index is 899. The van der Waals surface area contributed by atoms with E-state index in [1.54, 1.807) is 50.4 Å². The van der Waals surface area contributed by atoms with Gasteiger partial charge in [0, 0.05) is 5.56 Å². The second-order valence-corrected chi connectivity index (χ2v) is 6.62. The number of ether oxygens (including phenoxy) is 1. The number of carbonyl (C=O) groups excluding carboxylic acids is 1. The number of anilines is 1. The van der Waals surface area contributed by atoms with Gasteiger partial charge in [-0.05, 0) is 43.3 Å². The minimum absolute atomic E-state index is 0.134. The smallest absolute Gasteiger partial charge is 0.277 e. The maximum Gasteiger partial charge on any atom is 0.277 e. The fourth-order valence-electron chi connectivity index (χ4n) is 2.11. The predicted octanol–water partition coefficient (Wildman–Crippen LogP) is 4.00. The normalized spacial score (nSPS) is 11.8. The number of para-hydroxylation sites is 1. The molecular formula is C18H16FN3O3S. The molecule has 1 amide bonds. The molecule has 1 atom stereocenters. The molecule has 6 nitrogen and oxygen atoms in total. The third-order valence-electron chi connectivity index (χ3n) is 3.52. The number of thioether (sulfide) groups is 1. The fourth-order valence-corrected chi connectivity index (χ4v) is 2.79. The number of carbonyl (C=O) groups is 1. The average Bonchev–Trinajstić information content (AvgIpc) is 3.12. The number of aromatic nitrogens is 2. The Balaban J connectivity index is 1.64. The zero-order chi connectivity index (χ0) is 18.5. The monoisotopic (exact) mass is 373 g/mol. The van der Waals surface area contributed by atoms with Crippen molar-refractivity contribution in [2.24, 2.45) is 0 Å². The molecule has 0 aliphatic carbocycles. The summed E-state index contributed by atoms with van der Waals surface area (Å²) >= 11 is 1.10. The minimum Gasteiger partial charge on any atom is -0.497 e. The van der Waals surface area contributed by atoms with E-state index in [2.05, 4.69) is 15.5 Å². The average molecular weight is 373 g/mol. The molecule has 0 fully saturated rings. The quantitative estimate of drug-likeness (QED) is 0.658. The second-order valence-electron chi connectivity index (χ2n) is 5.33. The molecule has 8 heteroatoms. The molecule has 0 unspecified atom stereocenters. The summed E-state index contributed by atoms with van der Waals surface area (Å²) in [6.07, 6.45) is 0. The summed E-state index contributed by atoms with van der Waals surface area (Å²) in [7, 11) is 1.59. The van der Waals surface area contributed by atoms with Gasteiger partial charge in [0.15, 0.2) is 0 Å². The van der Waals surface area contributed by atoms with E-state index in [9.17, 15) is 9.18 Å². The Kier molecular flexibility index (Phi) is 5.52. The van der Waals surface area contributed by atoms with Crippen LogP contribution < -0.4 is 10.1 Å². The Hall–Kier alpha value is -2.87. The van der Waals surface area contributed by atoms with Gasteiger partial charge < -0.3 is 14.5 Å². The van der Waals surface area contributed by atoms with Crippen LogP contribution in [-0.2, 0) is 4.79 Å². The first kappa shape index (κ1) is 17.9. The summed E-state index contributed by atoms with van der Waals surface area (Å²) in [5.74, 6) is 0.222. The highest BCUT2D eigenvalue weighted by molar-refractivity contribution is 8.00. The molecule has 0 saturated heterocycles. The van der Waals surface area contributed by atoms with Crippen LogP contribution >= 0.6 is 11.8 Å². The number of nitrogens with one attached hydrogen (secondary N) is 1. The predicted molar refractivity (Wildman–Crippen MR) is 96.6 cm³/mol. The number of halogens is 1. The van der Waals surface area contributed by atoms with E-state index in [-0.39, 0.29) is 16.8 Å². The van der Waals surface area contributed by atoms with Crippen LogP contribution in [0.1, 0.15) is 6.92 Å². The first-order chi connectivity index (χ1) is 12.6. The molecule has 26 heavy (non-hydrogen) atoms. The van der Waals surface area contributed by atoms with E-state index in [4.69, 9.17) is 9.15 Å². The third kappa shape index (κ3) is 4.20. The first-order valence-corrected chi connectivity index (χ1v) is 8.65. The number of methoxy groups -OCH3 is 1. The van der Waals surface area contributed by atoms with Gasteiger partial charge in [0.1, 0.15) is 11.6 Å². The SMILES string of the molecule is COc1ccc(-c2nnc(S[C@@H](C)C(=O)Nc3ccccc3F)o2)cc1. The lowest BCUT2D eigenvalue weighted by molar-refractivity contribution is -0.115. The molecule has 0 aliphatic rings. The maximum absolute atomic E-state index is 13.6. The van der Waals surface area contributed by atoms with Crippen LogP contribution in [0.3, 0.4) is 0 Å². The van der Waals surface area contributed by atoms with Crippen LogP contribution in [0.15, 0.2) is 58.2 Å². The zero-order valence-corrected chi connectivity index (χ0v) is 14.9. The van der Waals surface area contributed by atoms with Gasteiger partial charge >= 0.3 is 0 Å². The molecule has 0 radical (unpaired) electrons. The Morgan fingerprint density at radius 1 is 1.19 bits per heavy atom. The number of benzene rings is 2. The molecule has 0 spiro atoms. The van der Waals surface area contributed by atoms with Crippen molar-refractivity contribution in [3.8, 4) is 17.2 Å². The fraction of sp³-hybridized carbons (Fsp3) is 0.167. The Morgan fingerprint density at radius 3 is 2.62 bits per heavy atom. The van der Waals surface area contributed by atoms with E-state index in [0.717, 1.165) is 23.1 Å². The summed E-state index contributed by atoms with van der Waals surface area (Å²) in [5, 5.41) is 10.2. The first-order valence-electron chi connectivity index (χ1n) is 7.77. The maximum atomic E-state index is 13.6. The van der Waals surface area contributed by atoms with Crippen molar-refractivity contribution in [1.82, 2.24) is 10.2 Å². The lowest BCUT2D eigenvalue weighted by Crippen LogP contribution is -2.22. The summed E-state index contributed by atoms with van der Waals surface area (Å²) in [6.45, 7) is 1.68. The highest BCUT2D eigenvalue weighted by Gasteiger charge is 2.19. The topological polar surface area (TPSA) is 77.2 Å². The molecule has 134 valence electrons. The molecule has 0 saturated carbocycles. The number of hydrogen-bond acceptors (Lipinski definition) is 6. The van der Waals surface area contributed by atoms with Gasteiger partial charge in [-0.3, -0.25) is 4.79 Å². The van der Waals surface area contributed by atoms with Gasteiger partial charge in [-0.2, -0.15) is 0 Å². The van der Waals surface area contributed by atoms with Crippen molar-refractivity contribution >= 4 is 23.4 Å². The number of amides is 1. The van der Waals surface area contributed by atoms with Crippen LogP contribution in [0.4, 0.5) is 10.1 Å². The Morgan fingerprint density at radius 2 is 1.92 bits per heavy atom. The molecule has 1 heterocycles. The van der Waals surface area contributed by atoms with E-state index in [1.165, 1.54) is 12.1 Å². The van der Waals surface area contributed by atoms with Gasteiger partial charge in [-0.25, -0.2) is 4.39 Å². The van der Waals surface area contributed by atoms with Crippen LogP contribution in [0.5, 0.6) is 5.75 Å². The highest BCUT2D eigenvalue weighted by atomic mass is 32.2.